The SMILES string of the molecule is CCS(=O)(=O)N(Cc1ccc(C(=O)OC)cc1F)c1cccc2cnn(C)c12. The molecule has 0 fully saturated rings. The number of sulfonamides is 1. The molecule has 28 heavy (non-hydrogen) atoms. The summed E-state index contributed by atoms with van der Waals surface area (Å²) in [7, 11) is -0.788. The Morgan fingerprint density at radius 2 is 2.04 bits per heavy atom. The Kier molecular flexibility index (Phi) is 5.37. The van der Waals surface area contributed by atoms with Crippen molar-refractivity contribution in [2.75, 3.05) is 17.2 Å². The molecule has 7 nitrogen and oxygen atoms in total. The van der Waals surface area contributed by atoms with Crippen LogP contribution in [-0.4, -0.2) is 37.0 Å². The molecule has 0 atom stereocenters. The van der Waals surface area contributed by atoms with Crippen molar-refractivity contribution in [2.24, 2.45) is 7.05 Å². The summed E-state index contributed by atoms with van der Waals surface area (Å²) in [5.74, 6) is -1.50. The molecule has 3 aromatic rings. The second-order valence-corrected chi connectivity index (χ2v) is 8.37. The van der Waals surface area contributed by atoms with Crippen LogP contribution in [0.25, 0.3) is 10.9 Å². The molecule has 0 unspecified atom stereocenters. The lowest BCUT2D eigenvalue weighted by Gasteiger charge is -2.25. The summed E-state index contributed by atoms with van der Waals surface area (Å²) in [5.41, 5.74) is 1.24. The zero-order valence-corrected chi connectivity index (χ0v) is 16.5. The maximum atomic E-state index is 14.6. The van der Waals surface area contributed by atoms with Gasteiger partial charge in [-0.05, 0) is 25.1 Å². The monoisotopic (exact) mass is 405 g/mol. The van der Waals surface area contributed by atoms with Crippen molar-refractivity contribution in [3.8, 4) is 0 Å². The van der Waals surface area contributed by atoms with Crippen molar-refractivity contribution in [1.29, 1.82) is 0 Å². The molecule has 9 heteroatoms. The summed E-state index contributed by atoms with van der Waals surface area (Å²) in [6.07, 6.45) is 1.64. The molecule has 3 rings (SSSR count). The lowest BCUT2D eigenvalue weighted by Crippen LogP contribution is -2.32. The lowest BCUT2D eigenvalue weighted by molar-refractivity contribution is 0.0600. The van der Waals surface area contributed by atoms with Gasteiger partial charge in [-0.15, -0.1) is 0 Å². The molecule has 1 heterocycles. The van der Waals surface area contributed by atoms with Crippen LogP contribution in [0.1, 0.15) is 22.8 Å². The van der Waals surface area contributed by atoms with E-state index in [1.807, 2.05) is 6.07 Å². The van der Waals surface area contributed by atoms with Crippen molar-refractivity contribution < 1.29 is 22.3 Å². The third-order valence-corrected chi connectivity index (χ3v) is 6.22. The predicted molar refractivity (Wildman–Crippen MR) is 104 cm³/mol. The van der Waals surface area contributed by atoms with E-state index in [9.17, 15) is 17.6 Å². The minimum absolute atomic E-state index is 0.0578. The minimum atomic E-state index is -3.71. The van der Waals surface area contributed by atoms with Gasteiger partial charge in [0.2, 0.25) is 10.0 Å². The fourth-order valence-corrected chi connectivity index (χ4v) is 4.07. The van der Waals surface area contributed by atoms with Gasteiger partial charge in [-0.25, -0.2) is 17.6 Å². The lowest BCUT2D eigenvalue weighted by atomic mass is 10.1. The number of para-hydroxylation sites is 1. The third-order valence-electron chi connectivity index (χ3n) is 4.50. The number of benzene rings is 2. The summed E-state index contributed by atoms with van der Waals surface area (Å²) in [4.78, 5) is 11.6. The van der Waals surface area contributed by atoms with Crippen LogP contribution >= 0.6 is 0 Å². The highest BCUT2D eigenvalue weighted by Gasteiger charge is 2.25. The van der Waals surface area contributed by atoms with Gasteiger partial charge in [0.1, 0.15) is 5.82 Å². The van der Waals surface area contributed by atoms with E-state index in [0.717, 1.165) is 11.5 Å². The molecule has 0 radical (unpaired) electrons. The van der Waals surface area contributed by atoms with E-state index in [4.69, 9.17) is 0 Å². The third kappa shape index (κ3) is 3.57. The van der Waals surface area contributed by atoms with Gasteiger partial charge in [-0.1, -0.05) is 18.2 Å². The molecule has 0 aliphatic heterocycles. The Hall–Kier alpha value is -2.94. The van der Waals surface area contributed by atoms with E-state index in [-0.39, 0.29) is 23.4 Å². The Bertz CT molecular complexity index is 1140. The molecular weight excluding hydrogens is 385 g/mol. The standard InChI is InChI=1S/C19H20FN3O4S/c1-4-28(25,26)23(17-7-5-6-14-11-21-22(2)18(14)17)12-15-9-8-13(10-16(15)20)19(24)27-3/h5-11H,4,12H2,1-3H3. The maximum absolute atomic E-state index is 14.6. The zero-order valence-electron chi connectivity index (χ0n) is 15.7. The van der Waals surface area contributed by atoms with Crippen molar-refractivity contribution >= 4 is 32.6 Å². The van der Waals surface area contributed by atoms with E-state index in [1.54, 1.807) is 30.1 Å². The molecule has 148 valence electrons. The van der Waals surface area contributed by atoms with Crippen LogP contribution in [0.4, 0.5) is 10.1 Å². The van der Waals surface area contributed by atoms with Crippen LogP contribution in [0.5, 0.6) is 0 Å². The smallest absolute Gasteiger partial charge is 0.337 e. The number of nitrogens with zero attached hydrogens (tertiary/aromatic N) is 3. The van der Waals surface area contributed by atoms with Crippen molar-refractivity contribution in [2.45, 2.75) is 13.5 Å². The number of aryl methyl sites for hydroxylation is 1. The van der Waals surface area contributed by atoms with Crippen LogP contribution in [0.3, 0.4) is 0 Å². The maximum Gasteiger partial charge on any atom is 0.337 e. The first kappa shape index (κ1) is 19.8. The molecule has 0 aliphatic rings. The number of carbonyl (C=O) groups is 1. The first-order valence-corrected chi connectivity index (χ1v) is 10.2. The van der Waals surface area contributed by atoms with E-state index in [1.165, 1.54) is 30.5 Å². The number of anilines is 1. The topological polar surface area (TPSA) is 81.5 Å². The molecule has 0 N–H and O–H groups in total. The summed E-state index contributed by atoms with van der Waals surface area (Å²) >= 11 is 0. The number of rotatable bonds is 6. The van der Waals surface area contributed by atoms with E-state index in [0.29, 0.717) is 11.2 Å². The Balaban J connectivity index is 2.10. The molecule has 0 amide bonds. The zero-order chi connectivity index (χ0) is 20.5. The van der Waals surface area contributed by atoms with Crippen molar-refractivity contribution in [3.05, 3.63) is 59.5 Å². The van der Waals surface area contributed by atoms with Gasteiger partial charge >= 0.3 is 5.97 Å². The van der Waals surface area contributed by atoms with Gasteiger partial charge in [-0.2, -0.15) is 5.10 Å². The Labute approximate surface area is 162 Å². The normalized spacial score (nSPS) is 11.6. The molecule has 0 saturated carbocycles. The Morgan fingerprint density at radius 3 is 2.68 bits per heavy atom. The highest BCUT2D eigenvalue weighted by Crippen LogP contribution is 2.30. The number of hydrogen-bond acceptors (Lipinski definition) is 5. The van der Waals surface area contributed by atoms with Gasteiger partial charge in [0.05, 0.1) is 42.4 Å². The Morgan fingerprint density at radius 1 is 1.29 bits per heavy atom. The number of hydrogen-bond donors (Lipinski definition) is 0. The van der Waals surface area contributed by atoms with Gasteiger partial charge < -0.3 is 4.74 Å². The van der Waals surface area contributed by atoms with Crippen LogP contribution in [-0.2, 0) is 28.4 Å². The number of carbonyl (C=O) groups excluding carboxylic acids is 1. The summed E-state index contributed by atoms with van der Waals surface area (Å²) < 4.78 is 47.6. The average Bonchev–Trinajstić information content (AvgIpc) is 3.07. The number of ether oxygens (including phenoxy) is 1. The first-order valence-electron chi connectivity index (χ1n) is 8.56. The number of aromatic nitrogens is 2. The molecule has 0 spiro atoms. The second kappa shape index (κ2) is 7.59. The largest absolute Gasteiger partial charge is 0.465 e. The highest BCUT2D eigenvalue weighted by atomic mass is 32.2. The molecular formula is C19H20FN3O4S. The molecule has 0 aliphatic carbocycles. The second-order valence-electron chi connectivity index (χ2n) is 6.19. The van der Waals surface area contributed by atoms with E-state index >= 15 is 0 Å². The fourth-order valence-electron chi connectivity index (χ4n) is 2.98. The predicted octanol–water partition coefficient (Wildman–Crippen LogP) is 2.86. The van der Waals surface area contributed by atoms with Crippen molar-refractivity contribution in [1.82, 2.24) is 9.78 Å². The van der Waals surface area contributed by atoms with Gasteiger partial charge in [0.25, 0.3) is 0 Å². The molecule has 0 bridgehead atoms. The van der Waals surface area contributed by atoms with E-state index < -0.39 is 21.8 Å². The number of methoxy groups -OCH3 is 1. The summed E-state index contributed by atoms with van der Waals surface area (Å²) in [6, 6.07) is 9.07. The quantitative estimate of drug-likeness (QED) is 0.589. The van der Waals surface area contributed by atoms with Crippen LogP contribution in [0, 0.1) is 5.82 Å². The summed E-state index contributed by atoms with van der Waals surface area (Å²) in [6.45, 7) is 1.32. The van der Waals surface area contributed by atoms with Gasteiger partial charge in [0, 0.05) is 18.0 Å². The van der Waals surface area contributed by atoms with Gasteiger partial charge in [-0.3, -0.25) is 8.99 Å². The van der Waals surface area contributed by atoms with Crippen LogP contribution in [0.15, 0.2) is 42.6 Å². The molecule has 0 saturated heterocycles. The molecule has 2 aromatic carbocycles. The number of esters is 1. The average molecular weight is 405 g/mol. The fraction of sp³-hybridized carbons (Fsp3) is 0.263. The minimum Gasteiger partial charge on any atom is -0.465 e. The highest BCUT2D eigenvalue weighted by molar-refractivity contribution is 7.92. The van der Waals surface area contributed by atoms with Gasteiger partial charge in [0.15, 0.2) is 0 Å². The number of fused-ring (bicyclic) bond motifs is 1. The first-order chi connectivity index (χ1) is 13.3. The molecule has 1 aromatic heterocycles. The van der Waals surface area contributed by atoms with Crippen LogP contribution in [0.2, 0.25) is 0 Å². The van der Waals surface area contributed by atoms with Crippen molar-refractivity contribution in [3.63, 3.8) is 0 Å². The van der Waals surface area contributed by atoms with Crippen LogP contribution < -0.4 is 4.31 Å². The number of halogens is 1. The van der Waals surface area contributed by atoms with E-state index in [2.05, 4.69) is 9.84 Å². The summed E-state index contributed by atoms with van der Waals surface area (Å²) in [5, 5.41) is 4.96.